The predicted molar refractivity (Wildman–Crippen MR) is 79.2 cm³/mol. The van der Waals surface area contributed by atoms with Crippen molar-refractivity contribution in [3.8, 4) is 0 Å². The highest BCUT2D eigenvalue weighted by Gasteiger charge is 2.06. The van der Waals surface area contributed by atoms with Crippen LogP contribution in [0.4, 0.5) is 0 Å². The van der Waals surface area contributed by atoms with E-state index in [0.717, 1.165) is 22.2 Å². The Morgan fingerprint density at radius 2 is 2.00 bits per heavy atom. The zero-order valence-corrected chi connectivity index (χ0v) is 12.3. The summed E-state index contributed by atoms with van der Waals surface area (Å²) in [7, 11) is 0. The maximum atomic E-state index is 11.8. The van der Waals surface area contributed by atoms with Crippen molar-refractivity contribution >= 4 is 21.8 Å². The average molecular weight is 319 g/mol. The minimum atomic E-state index is -0.0479. The lowest BCUT2D eigenvalue weighted by Crippen LogP contribution is -2.26. The van der Waals surface area contributed by atoms with Crippen molar-refractivity contribution in [1.82, 2.24) is 10.3 Å². The van der Waals surface area contributed by atoms with E-state index in [1.807, 2.05) is 31.2 Å². The third kappa shape index (κ3) is 3.64. The second kappa shape index (κ2) is 6.48. The summed E-state index contributed by atoms with van der Waals surface area (Å²) in [6, 6.07) is 11.1. The maximum Gasteiger partial charge on any atom is 0.251 e. The highest BCUT2D eigenvalue weighted by molar-refractivity contribution is 9.10. The molecule has 0 fully saturated rings. The second-order valence-corrected chi connectivity index (χ2v) is 5.09. The van der Waals surface area contributed by atoms with Crippen LogP contribution in [0.1, 0.15) is 21.6 Å². The first-order valence-electron chi connectivity index (χ1n) is 6.11. The van der Waals surface area contributed by atoms with E-state index in [-0.39, 0.29) is 5.91 Å². The normalized spacial score (nSPS) is 10.2. The Kier molecular flexibility index (Phi) is 4.68. The van der Waals surface area contributed by atoms with Gasteiger partial charge in [0.25, 0.3) is 5.91 Å². The fourth-order valence-corrected chi connectivity index (χ4v) is 2.14. The number of hydrogen-bond donors (Lipinski definition) is 1. The molecule has 0 radical (unpaired) electrons. The lowest BCUT2D eigenvalue weighted by Gasteiger charge is -2.08. The molecule has 0 unspecified atom stereocenters. The fourth-order valence-electron chi connectivity index (χ4n) is 1.79. The van der Waals surface area contributed by atoms with E-state index in [0.29, 0.717) is 12.1 Å². The van der Waals surface area contributed by atoms with Crippen molar-refractivity contribution in [1.29, 1.82) is 0 Å². The molecule has 2 rings (SSSR count). The number of nitrogens with zero attached hydrogens (tertiary/aromatic N) is 1. The molecule has 0 bridgehead atoms. The van der Waals surface area contributed by atoms with Crippen molar-refractivity contribution in [2.24, 2.45) is 0 Å². The number of carbonyl (C=O) groups excluding carboxylic acids is 1. The van der Waals surface area contributed by atoms with E-state index >= 15 is 0 Å². The Balaban J connectivity index is 1.90. The van der Waals surface area contributed by atoms with Crippen molar-refractivity contribution in [3.63, 3.8) is 0 Å². The monoisotopic (exact) mass is 318 g/mol. The lowest BCUT2D eigenvalue weighted by molar-refractivity contribution is 0.0954. The summed E-state index contributed by atoms with van der Waals surface area (Å²) in [6.45, 7) is 2.60. The molecular weight excluding hydrogens is 304 g/mol. The SMILES string of the molecule is Cc1c(Br)ccnc1CCNC(=O)c1ccccc1. The summed E-state index contributed by atoms with van der Waals surface area (Å²) in [4.78, 5) is 16.2. The van der Waals surface area contributed by atoms with Gasteiger partial charge in [-0.15, -0.1) is 0 Å². The molecule has 1 N–H and O–H groups in total. The zero-order chi connectivity index (χ0) is 13.7. The van der Waals surface area contributed by atoms with E-state index in [1.54, 1.807) is 18.3 Å². The number of benzene rings is 1. The number of rotatable bonds is 4. The Bertz CT molecular complexity index is 570. The number of halogens is 1. The van der Waals surface area contributed by atoms with Crippen molar-refractivity contribution in [2.75, 3.05) is 6.54 Å². The molecule has 19 heavy (non-hydrogen) atoms. The van der Waals surface area contributed by atoms with Gasteiger partial charge in [0.15, 0.2) is 0 Å². The van der Waals surface area contributed by atoms with Crippen LogP contribution in [0.2, 0.25) is 0 Å². The highest BCUT2D eigenvalue weighted by atomic mass is 79.9. The molecule has 0 aliphatic heterocycles. The van der Waals surface area contributed by atoms with Gasteiger partial charge in [-0.05, 0) is 30.7 Å². The lowest BCUT2D eigenvalue weighted by atomic mass is 10.1. The molecule has 1 heterocycles. The highest BCUT2D eigenvalue weighted by Crippen LogP contribution is 2.17. The Morgan fingerprint density at radius 3 is 2.74 bits per heavy atom. The van der Waals surface area contributed by atoms with Crippen LogP contribution >= 0.6 is 15.9 Å². The van der Waals surface area contributed by atoms with Gasteiger partial charge in [-0.3, -0.25) is 9.78 Å². The van der Waals surface area contributed by atoms with Crippen LogP contribution in [0.3, 0.4) is 0 Å². The third-order valence-electron chi connectivity index (χ3n) is 2.93. The van der Waals surface area contributed by atoms with Crippen molar-refractivity contribution in [2.45, 2.75) is 13.3 Å². The van der Waals surface area contributed by atoms with Gasteiger partial charge >= 0.3 is 0 Å². The first kappa shape index (κ1) is 13.7. The minimum Gasteiger partial charge on any atom is -0.352 e. The van der Waals surface area contributed by atoms with E-state index in [9.17, 15) is 4.79 Å². The zero-order valence-electron chi connectivity index (χ0n) is 10.7. The van der Waals surface area contributed by atoms with Gasteiger partial charge in [-0.1, -0.05) is 34.1 Å². The summed E-state index contributed by atoms with van der Waals surface area (Å²) in [5, 5.41) is 2.90. The number of pyridine rings is 1. The third-order valence-corrected chi connectivity index (χ3v) is 3.78. The average Bonchev–Trinajstić information content (AvgIpc) is 2.44. The van der Waals surface area contributed by atoms with Gasteiger partial charge in [-0.25, -0.2) is 0 Å². The predicted octanol–water partition coefficient (Wildman–Crippen LogP) is 3.13. The van der Waals surface area contributed by atoms with Crippen LogP contribution in [-0.4, -0.2) is 17.4 Å². The van der Waals surface area contributed by atoms with Gasteiger partial charge in [-0.2, -0.15) is 0 Å². The number of amides is 1. The molecule has 1 amide bonds. The van der Waals surface area contributed by atoms with Gasteiger partial charge < -0.3 is 5.32 Å². The second-order valence-electron chi connectivity index (χ2n) is 4.24. The molecular formula is C15H15BrN2O. The van der Waals surface area contributed by atoms with E-state index in [2.05, 4.69) is 26.2 Å². The van der Waals surface area contributed by atoms with E-state index in [4.69, 9.17) is 0 Å². The van der Waals surface area contributed by atoms with Crippen LogP contribution < -0.4 is 5.32 Å². The largest absolute Gasteiger partial charge is 0.352 e. The maximum absolute atomic E-state index is 11.8. The summed E-state index contributed by atoms with van der Waals surface area (Å²) in [5.41, 5.74) is 2.81. The molecule has 3 nitrogen and oxygen atoms in total. The summed E-state index contributed by atoms with van der Waals surface area (Å²) >= 11 is 3.48. The summed E-state index contributed by atoms with van der Waals surface area (Å²) in [6.07, 6.45) is 2.50. The molecule has 0 aliphatic carbocycles. The molecule has 98 valence electrons. The Hall–Kier alpha value is -1.68. The molecule has 1 aromatic carbocycles. The first-order chi connectivity index (χ1) is 9.18. The van der Waals surface area contributed by atoms with E-state index in [1.165, 1.54) is 0 Å². The molecule has 1 aromatic heterocycles. The number of aromatic nitrogens is 1. The summed E-state index contributed by atoms with van der Waals surface area (Å²) < 4.78 is 1.05. The first-order valence-corrected chi connectivity index (χ1v) is 6.91. The Morgan fingerprint density at radius 1 is 1.26 bits per heavy atom. The molecule has 0 spiro atoms. The number of carbonyl (C=O) groups is 1. The smallest absolute Gasteiger partial charge is 0.251 e. The molecule has 0 saturated heterocycles. The van der Waals surface area contributed by atoms with Gasteiger partial charge in [0.2, 0.25) is 0 Å². The molecule has 0 saturated carbocycles. The fraction of sp³-hybridized carbons (Fsp3) is 0.200. The van der Waals surface area contributed by atoms with Crippen LogP contribution in [0.15, 0.2) is 47.1 Å². The summed E-state index contributed by atoms with van der Waals surface area (Å²) in [5.74, 6) is -0.0479. The van der Waals surface area contributed by atoms with Gasteiger partial charge in [0.1, 0.15) is 0 Å². The topological polar surface area (TPSA) is 42.0 Å². The minimum absolute atomic E-state index is 0.0479. The number of hydrogen-bond acceptors (Lipinski definition) is 2. The van der Waals surface area contributed by atoms with Crippen LogP contribution in [0.25, 0.3) is 0 Å². The molecule has 0 atom stereocenters. The molecule has 4 heteroatoms. The number of nitrogens with one attached hydrogen (secondary N) is 1. The standard InChI is InChI=1S/C15H15BrN2O/c1-11-13(16)7-9-17-14(11)8-10-18-15(19)12-5-3-2-4-6-12/h2-7,9H,8,10H2,1H3,(H,18,19). The molecule has 2 aromatic rings. The quantitative estimate of drug-likeness (QED) is 0.941. The van der Waals surface area contributed by atoms with Gasteiger partial charge in [0, 0.05) is 34.9 Å². The molecule has 0 aliphatic rings. The van der Waals surface area contributed by atoms with Crippen molar-refractivity contribution < 1.29 is 4.79 Å². The van der Waals surface area contributed by atoms with Crippen LogP contribution in [0, 0.1) is 6.92 Å². The van der Waals surface area contributed by atoms with E-state index < -0.39 is 0 Å². The van der Waals surface area contributed by atoms with Crippen LogP contribution in [0.5, 0.6) is 0 Å². The van der Waals surface area contributed by atoms with Crippen molar-refractivity contribution in [3.05, 3.63) is 63.9 Å². The van der Waals surface area contributed by atoms with Crippen LogP contribution in [-0.2, 0) is 6.42 Å². The van der Waals surface area contributed by atoms with Gasteiger partial charge in [0.05, 0.1) is 0 Å². The Labute approximate surface area is 121 Å².